The molecule has 0 spiro atoms. The summed E-state index contributed by atoms with van der Waals surface area (Å²) in [5.74, 6) is -1.79. The van der Waals surface area contributed by atoms with E-state index in [-0.39, 0.29) is 24.6 Å². The van der Waals surface area contributed by atoms with Gasteiger partial charge in [0.1, 0.15) is 11.6 Å². The summed E-state index contributed by atoms with van der Waals surface area (Å²) in [6.45, 7) is 1.78. The first kappa shape index (κ1) is 17.9. The molecule has 0 bridgehead atoms. The number of aryl methyl sites for hydroxylation is 1. The van der Waals surface area contributed by atoms with E-state index in [4.69, 9.17) is 9.84 Å². The topological polar surface area (TPSA) is 88.5 Å². The van der Waals surface area contributed by atoms with Gasteiger partial charge in [0.05, 0.1) is 23.7 Å². The summed E-state index contributed by atoms with van der Waals surface area (Å²) in [4.78, 5) is 27.4. The largest absolute Gasteiger partial charge is 0.478 e. The van der Waals surface area contributed by atoms with Crippen LogP contribution in [-0.4, -0.2) is 34.6 Å². The van der Waals surface area contributed by atoms with Crippen LogP contribution in [0.4, 0.5) is 4.39 Å². The van der Waals surface area contributed by atoms with Gasteiger partial charge in [-0.1, -0.05) is 6.92 Å². The number of carbonyl (C=O) groups excluding carboxylic acids is 1. The molecular formula is C16H17FN2O4S. The molecular weight excluding hydrogens is 335 g/mol. The molecule has 1 aromatic heterocycles. The van der Waals surface area contributed by atoms with Crippen molar-refractivity contribution in [1.29, 1.82) is 0 Å². The zero-order valence-electron chi connectivity index (χ0n) is 13.0. The SMILES string of the molecule is CCc1nc(CC(=O)NCC(Oc2ccc(F)cc2)C(=O)O)cs1. The number of hydrogen-bond donors (Lipinski definition) is 2. The molecule has 1 aromatic carbocycles. The lowest BCUT2D eigenvalue weighted by Crippen LogP contribution is -2.40. The van der Waals surface area contributed by atoms with Gasteiger partial charge in [-0.05, 0) is 30.7 Å². The number of halogens is 1. The molecule has 1 amide bonds. The molecule has 0 aliphatic carbocycles. The van der Waals surface area contributed by atoms with Gasteiger partial charge >= 0.3 is 5.97 Å². The van der Waals surface area contributed by atoms with E-state index in [1.807, 2.05) is 12.3 Å². The van der Waals surface area contributed by atoms with Crippen molar-refractivity contribution in [3.63, 3.8) is 0 Å². The lowest BCUT2D eigenvalue weighted by Gasteiger charge is -2.15. The van der Waals surface area contributed by atoms with Crippen LogP contribution in [0.25, 0.3) is 0 Å². The highest BCUT2D eigenvalue weighted by atomic mass is 32.1. The van der Waals surface area contributed by atoms with Gasteiger partial charge in [-0.15, -0.1) is 11.3 Å². The van der Waals surface area contributed by atoms with Crippen LogP contribution in [0.5, 0.6) is 5.75 Å². The van der Waals surface area contributed by atoms with Gasteiger partial charge in [0.2, 0.25) is 12.0 Å². The van der Waals surface area contributed by atoms with Gasteiger partial charge in [0.15, 0.2) is 0 Å². The van der Waals surface area contributed by atoms with Crippen molar-refractivity contribution >= 4 is 23.2 Å². The minimum atomic E-state index is -1.26. The van der Waals surface area contributed by atoms with Gasteiger partial charge < -0.3 is 15.2 Å². The third-order valence-corrected chi connectivity index (χ3v) is 4.14. The Bertz CT molecular complexity index is 702. The molecule has 8 heteroatoms. The number of amides is 1. The number of nitrogens with one attached hydrogen (secondary N) is 1. The van der Waals surface area contributed by atoms with Crippen LogP contribution in [-0.2, 0) is 22.4 Å². The van der Waals surface area contributed by atoms with E-state index in [1.54, 1.807) is 0 Å². The maximum atomic E-state index is 12.8. The number of carboxylic acids is 1. The zero-order valence-corrected chi connectivity index (χ0v) is 13.8. The van der Waals surface area contributed by atoms with E-state index in [1.165, 1.54) is 35.6 Å². The van der Waals surface area contributed by atoms with E-state index in [0.29, 0.717) is 5.69 Å². The van der Waals surface area contributed by atoms with Crippen molar-refractivity contribution < 1.29 is 23.8 Å². The lowest BCUT2D eigenvalue weighted by molar-refractivity contribution is -0.145. The maximum absolute atomic E-state index is 12.8. The van der Waals surface area contributed by atoms with Crippen LogP contribution in [0.15, 0.2) is 29.6 Å². The van der Waals surface area contributed by atoms with Crippen molar-refractivity contribution in [3.8, 4) is 5.75 Å². The Morgan fingerprint density at radius 1 is 1.38 bits per heavy atom. The van der Waals surface area contributed by atoms with Crippen molar-refractivity contribution in [2.75, 3.05) is 6.54 Å². The standard InChI is InChI=1S/C16H17FN2O4S/c1-2-15-19-11(9-24-15)7-14(20)18-8-13(16(21)22)23-12-5-3-10(17)4-6-12/h3-6,9,13H,2,7-8H2,1H3,(H,18,20)(H,21,22). The number of nitrogens with zero attached hydrogens (tertiary/aromatic N) is 1. The molecule has 0 fully saturated rings. The van der Waals surface area contributed by atoms with E-state index in [2.05, 4.69) is 10.3 Å². The average molecular weight is 352 g/mol. The van der Waals surface area contributed by atoms with Crippen LogP contribution < -0.4 is 10.1 Å². The summed E-state index contributed by atoms with van der Waals surface area (Å²) in [6.07, 6.45) is -0.376. The van der Waals surface area contributed by atoms with E-state index >= 15 is 0 Å². The van der Waals surface area contributed by atoms with Crippen LogP contribution in [0.1, 0.15) is 17.6 Å². The molecule has 128 valence electrons. The monoisotopic (exact) mass is 352 g/mol. The van der Waals surface area contributed by atoms with Gasteiger partial charge in [0, 0.05) is 5.38 Å². The molecule has 6 nitrogen and oxygen atoms in total. The number of aliphatic carboxylic acids is 1. The van der Waals surface area contributed by atoms with Gasteiger partial charge in [-0.25, -0.2) is 14.2 Å². The summed E-state index contributed by atoms with van der Waals surface area (Å²) in [7, 11) is 0. The maximum Gasteiger partial charge on any atom is 0.346 e. The molecule has 0 aliphatic heterocycles. The highest BCUT2D eigenvalue weighted by Crippen LogP contribution is 2.13. The first-order valence-electron chi connectivity index (χ1n) is 7.33. The third kappa shape index (κ3) is 5.31. The Kier molecular flexibility index (Phi) is 6.25. The quantitative estimate of drug-likeness (QED) is 0.759. The second-order valence-corrected chi connectivity index (χ2v) is 5.91. The molecule has 0 radical (unpaired) electrons. The molecule has 2 rings (SSSR count). The summed E-state index contributed by atoms with van der Waals surface area (Å²) in [5.41, 5.74) is 0.653. The van der Waals surface area contributed by atoms with Crippen LogP contribution in [0.3, 0.4) is 0 Å². The van der Waals surface area contributed by atoms with Gasteiger partial charge in [0.25, 0.3) is 0 Å². The number of rotatable bonds is 8. The van der Waals surface area contributed by atoms with Crippen molar-refractivity contribution in [3.05, 3.63) is 46.2 Å². The fraction of sp³-hybridized carbons (Fsp3) is 0.312. The Labute approximate surface area is 142 Å². The Morgan fingerprint density at radius 2 is 2.08 bits per heavy atom. The Hall–Kier alpha value is -2.48. The highest BCUT2D eigenvalue weighted by Gasteiger charge is 2.20. The second kappa shape index (κ2) is 8.39. The Morgan fingerprint density at radius 3 is 2.67 bits per heavy atom. The minimum Gasteiger partial charge on any atom is -0.478 e. The third-order valence-electron chi connectivity index (χ3n) is 3.10. The van der Waals surface area contributed by atoms with E-state index < -0.39 is 17.9 Å². The van der Waals surface area contributed by atoms with Gasteiger partial charge in [-0.2, -0.15) is 0 Å². The normalized spacial score (nSPS) is 11.8. The van der Waals surface area contributed by atoms with Crippen LogP contribution in [0, 0.1) is 5.82 Å². The smallest absolute Gasteiger partial charge is 0.346 e. The minimum absolute atomic E-state index is 0.0827. The van der Waals surface area contributed by atoms with E-state index in [9.17, 15) is 14.0 Å². The number of ether oxygens (including phenoxy) is 1. The van der Waals surface area contributed by atoms with Crippen molar-refractivity contribution in [1.82, 2.24) is 10.3 Å². The van der Waals surface area contributed by atoms with Crippen LogP contribution in [0.2, 0.25) is 0 Å². The predicted octanol–water partition coefficient (Wildman–Crippen LogP) is 2.04. The number of thiazole rings is 1. The fourth-order valence-corrected chi connectivity index (χ4v) is 2.63. The molecule has 0 saturated heterocycles. The summed E-state index contributed by atoms with van der Waals surface area (Å²) in [6, 6.07) is 4.99. The highest BCUT2D eigenvalue weighted by molar-refractivity contribution is 7.09. The van der Waals surface area contributed by atoms with Crippen molar-refractivity contribution in [2.45, 2.75) is 25.9 Å². The molecule has 24 heavy (non-hydrogen) atoms. The summed E-state index contributed by atoms with van der Waals surface area (Å²) >= 11 is 1.48. The summed E-state index contributed by atoms with van der Waals surface area (Å²) in [5, 5.41) is 14.4. The van der Waals surface area contributed by atoms with Crippen LogP contribution >= 0.6 is 11.3 Å². The lowest BCUT2D eigenvalue weighted by atomic mass is 10.3. The van der Waals surface area contributed by atoms with Gasteiger partial charge in [-0.3, -0.25) is 4.79 Å². The number of aromatic nitrogens is 1. The number of carboxylic acid groups (broad SMARTS) is 1. The number of benzene rings is 1. The number of carbonyl (C=O) groups is 2. The molecule has 0 aliphatic rings. The summed E-state index contributed by atoms with van der Waals surface area (Å²) < 4.78 is 18.1. The molecule has 1 atom stereocenters. The second-order valence-electron chi connectivity index (χ2n) is 4.97. The average Bonchev–Trinajstić information content (AvgIpc) is 3.00. The predicted molar refractivity (Wildman–Crippen MR) is 86.7 cm³/mol. The molecule has 2 aromatic rings. The Balaban J connectivity index is 1.87. The number of hydrogen-bond acceptors (Lipinski definition) is 5. The first-order chi connectivity index (χ1) is 11.5. The molecule has 0 saturated carbocycles. The fourth-order valence-electron chi connectivity index (χ4n) is 1.88. The zero-order chi connectivity index (χ0) is 17.5. The molecule has 1 unspecified atom stereocenters. The molecule has 2 N–H and O–H groups in total. The molecule has 1 heterocycles. The first-order valence-corrected chi connectivity index (χ1v) is 8.21. The van der Waals surface area contributed by atoms with Crippen molar-refractivity contribution in [2.24, 2.45) is 0 Å². The van der Waals surface area contributed by atoms with E-state index in [0.717, 1.165) is 11.4 Å².